The molecular formula is C16H30N2O2S. The van der Waals surface area contributed by atoms with Gasteiger partial charge in [0.05, 0.1) is 18.3 Å². The first-order valence-corrected chi connectivity index (χ1v) is 9.69. The minimum atomic E-state index is 0.128. The van der Waals surface area contributed by atoms with Crippen LogP contribution in [0.25, 0.3) is 0 Å². The van der Waals surface area contributed by atoms with Crippen molar-refractivity contribution in [3.8, 4) is 0 Å². The van der Waals surface area contributed by atoms with E-state index in [1.165, 1.54) is 25.1 Å². The van der Waals surface area contributed by atoms with Gasteiger partial charge in [0.25, 0.3) is 0 Å². The molecule has 0 aromatic carbocycles. The molecule has 1 spiro atoms. The molecule has 3 aliphatic rings. The van der Waals surface area contributed by atoms with Crippen molar-refractivity contribution in [1.29, 1.82) is 0 Å². The van der Waals surface area contributed by atoms with Crippen molar-refractivity contribution in [3.63, 3.8) is 0 Å². The number of rotatable bonds is 4. The number of nitrogens with two attached hydrogens (primary N) is 1. The van der Waals surface area contributed by atoms with Gasteiger partial charge in [0.15, 0.2) is 0 Å². The van der Waals surface area contributed by atoms with Gasteiger partial charge in [-0.25, -0.2) is 0 Å². The molecule has 0 bridgehead atoms. The minimum absolute atomic E-state index is 0.128. The van der Waals surface area contributed by atoms with Crippen molar-refractivity contribution in [3.05, 3.63) is 0 Å². The van der Waals surface area contributed by atoms with Crippen LogP contribution in [0.3, 0.4) is 0 Å². The average molecular weight is 314 g/mol. The molecule has 21 heavy (non-hydrogen) atoms. The molecule has 4 atom stereocenters. The first kappa shape index (κ1) is 16.1. The fraction of sp³-hybridized carbons (Fsp3) is 1.00. The van der Waals surface area contributed by atoms with Crippen molar-refractivity contribution in [1.82, 2.24) is 4.90 Å². The van der Waals surface area contributed by atoms with E-state index in [9.17, 15) is 0 Å². The SMILES string of the molecule is CCCN1CCOC(C(N)C2CCOC3(CCSC3)C2)C1. The largest absolute Gasteiger partial charge is 0.374 e. The topological polar surface area (TPSA) is 47.7 Å². The van der Waals surface area contributed by atoms with Crippen molar-refractivity contribution in [2.24, 2.45) is 11.7 Å². The smallest absolute Gasteiger partial charge is 0.0855 e. The third-order valence-electron chi connectivity index (χ3n) is 5.29. The summed E-state index contributed by atoms with van der Waals surface area (Å²) in [5.74, 6) is 2.96. The fourth-order valence-corrected chi connectivity index (χ4v) is 5.42. The average Bonchev–Trinajstić information content (AvgIpc) is 2.95. The van der Waals surface area contributed by atoms with Crippen LogP contribution in [0.4, 0.5) is 0 Å². The zero-order chi connectivity index (χ0) is 14.7. The van der Waals surface area contributed by atoms with E-state index in [1.807, 2.05) is 11.8 Å². The van der Waals surface area contributed by atoms with Crippen LogP contribution < -0.4 is 5.73 Å². The molecule has 4 nitrogen and oxygen atoms in total. The molecular weight excluding hydrogens is 284 g/mol. The van der Waals surface area contributed by atoms with Crippen LogP contribution in [0, 0.1) is 5.92 Å². The van der Waals surface area contributed by atoms with E-state index in [-0.39, 0.29) is 17.7 Å². The molecule has 3 heterocycles. The number of nitrogens with zero attached hydrogens (tertiary/aromatic N) is 1. The predicted molar refractivity (Wildman–Crippen MR) is 87.8 cm³/mol. The lowest BCUT2D eigenvalue weighted by molar-refractivity contribution is -0.104. The summed E-state index contributed by atoms with van der Waals surface area (Å²) in [5, 5.41) is 0. The van der Waals surface area contributed by atoms with Gasteiger partial charge in [-0.1, -0.05) is 6.92 Å². The van der Waals surface area contributed by atoms with E-state index in [1.54, 1.807) is 0 Å². The van der Waals surface area contributed by atoms with Crippen LogP contribution in [0.1, 0.15) is 32.6 Å². The van der Waals surface area contributed by atoms with E-state index in [0.29, 0.717) is 5.92 Å². The molecule has 0 aliphatic carbocycles. The van der Waals surface area contributed by atoms with Gasteiger partial charge in [-0.05, 0) is 43.9 Å². The van der Waals surface area contributed by atoms with Crippen LogP contribution in [0.15, 0.2) is 0 Å². The number of morpholine rings is 1. The summed E-state index contributed by atoms with van der Waals surface area (Å²) >= 11 is 2.03. The Balaban J connectivity index is 1.57. The first-order chi connectivity index (χ1) is 10.2. The molecule has 0 amide bonds. The van der Waals surface area contributed by atoms with Crippen LogP contribution in [0.5, 0.6) is 0 Å². The second-order valence-corrected chi connectivity index (χ2v) is 7.98. The van der Waals surface area contributed by atoms with E-state index >= 15 is 0 Å². The predicted octanol–water partition coefficient (Wildman–Crippen LogP) is 1.73. The van der Waals surface area contributed by atoms with E-state index in [4.69, 9.17) is 15.2 Å². The summed E-state index contributed by atoms with van der Waals surface area (Å²) < 4.78 is 12.1. The van der Waals surface area contributed by atoms with Crippen molar-refractivity contribution < 1.29 is 9.47 Å². The third kappa shape index (κ3) is 3.75. The van der Waals surface area contributed by atoms with Crippen LogP contribution in [-0.2, 0) is 9.47 Å². The monoisotopic (exact) mass is 314 g/mol. The minimum Gasteiger partial charge on any atom is -0.374 e. The van der Waals surface area contributed by atoms with Crippen molar-refractivity contribution in [2.45, 2.75) is 50.4 Å². The molecule has 3 saturated heterocycles. The maximum Gasteiger partial charge on any atom is 0.0855 e. The quantitative estimate of drug-likeness (QED) is 0.856. The lowest BCUT2D eigenvalue weighted by Gasteiger charge is -2.43. The molecule has 0 radical (unpaired) electrons. The van der Waals surface area contributed by atoms with Gasteiger partial charge in [-0.3, -0.25) is 4.90 Å². The summed E-state index contributed by atoms with van der Waals surface area (Å²) in [4.78, 5) is 2.51. The van der Waals surface area contributed by atoms with Crippen molar-refractivity contribution in [2.75, 3.05) is 44.4 Å². The fourth-order valence-electron chi connectivity index (χ4n) is 4.04. The third-order valence-corrected chi connectivity index (χ3v) is 6.51. The number of ether oxygens (including phenoxy) is 2. The highest BCUT2D eigenvalue weighted by atomic mass is 32.2. The van der Waals surface area contributed by atoms with Crippen LogP contribution in [0.2, 0.25) is 0 Å². The molecule has 3 aliphatic heterocycles. The molecule has 122 valence electrons. The normalized spacial score (nSPS) is 39.7. The van der Waals surface area contributed by atoms with Crippen LogP contribution >= 0.6 is 11.8 Å². The lowest BCUT2D eigenvalue weighted by atomic mass is 9.79. The molecule has 0 aromatic rings. The molecule has 3 fully saturated rings. The maximum absolute atomic E-state index is 6.62. The molecule has 0 aromatic heterocycles. The molecule has 2 N–H and O–H groups in total. The number of thioether (sulfide) groups is 1. The Kier molecular flexibility index (Phi) is 5.49. The first-order valence-electron chi connectivity index (χ1n) is 8.54. The van der Waals surface area contributed by atoms with E-state index in [2.05, 4.69) is 11.8 Å². The highest BCUT2D eigenvalue weighted by Crippen LogP contribution is 2.41. The van der Waals surface area contributed by atoms with Gasteiger partial charge in [0.2, 0.25) is 0 Å². The number of hydrogen-bond donors (Lipinski definition) is 1. The Hall–Kier alpha value is 0.190. The van der Waals surface area contributed by atoms with Gasteiger partial charge in [-0.15, -0.1) is 0 Å². The van der Waals surface area contributed by atoms with E-state index in [0.717, 1.165) is 44.9 Å². The Bertz CT molecular complexity index is 334. The van der Waals surface area contributed by atoms with Gasteiger partial charge in [0.1, 0.15) is 0 Å². The highest BCUT2D eigenvalue weighted by Gasteiger charge is 2.43. The highest BCUT2D eigenvalue weighted by molar-refractivity contribution is 7.99. The molecule has 5 heteroatoms. The van der Waals surface area contributed by atoms with Crippen LogP contribution in [-0.4, -0.2) is 67.0 Å². The van der Waals surface area contributed by atoms with Gasteiger partial charge >= 0.3 is 0 Å². The standard InChI is InChI=1S/C16H30N2O2S/c1-2-5-18-6-8-19-14(11-18)15(17)13-3-7-20-16(10-13)4-9-21-12-16/h13-15H,2-12,17H2,1H3. The second-order valence-electron chi connectivity index (χ2n) is 6.87. The molecule has 0 saturated carbocycles. The second kappa shape index (κ2) is 7.18. The Morgan fingerprint density at radius 2 is 2.33 bits per heavy atom. The summed E-state index contributed by atoms with van der Waals surface area (Å²) in [6.45, 7) is 7.19. The number of hydrogen-bond acceptors (Lipinski definition) is 5. The zero-order valence-electron chi connectivity index (χ0n) is 13.3. The molecule has 3 rings (SSSR count). The van der Waals surface area contributed by atoms with E-state index < -0.39 is 0 Å². The van der Waals surface area contributed by atoms with Gasteiger partial charge in [-0.2, -0.15) is 11.8 Å². The Morgan fingerprint density at radius 3 is 3.10 bits per heavy atom. The zero-order valence-corrected chi connectivity index (χ0v) is 14.1. The summed E-state index contributed by atoms with van der Waals surface area (Å²) in [5.41, 5.74) is 6.75. The lowest BCUT2D eigenvalue weighted by Crippen LogP contribution is -2.56. The van der Waals surface area contributed by atoms with Crippen molar-refractivity contribution >= 4 is 11.8 Å². The Labute approximate surface area is 133 Å². The summed E-state index contributed by atoms with van der Waals surface area (Å²) in [6, 6.07) is 0.163. The maximum atomic E-state index is 6.62. The molecule has 4 unspecified atom stereocenters. The van der Waals surface area contributed by atoms with Gasteiger partial charge in [0, 0.05) is 31.5 Å². The Morgan fingerprint density at radius 1 is 1.43 bits per heavy atom. The van der Waals surface area contributed by atoms with Gasteiger partial charge < -0.3 is 15.2 Å². The summed E-state index contributed by atoms with van der Waals surface area (Å²) in [6.07, 6.45) is 4.85. The summed E-state index contributed by atoms with van der Waals surface area (Å²) in [7, 11) is 0.